The molecule has 3 aromatic rings. The van der Waals surface area contributed by atoms with E-state index in [9.17, 15) is 4.79 Å². The van der Waals surface area contributed by atoms with E-state index in [2.05, 4.69) is 56.8 Å². The van der Waals surface area contributed by atoms with E-state index in [4.69, 9.17) is 4.37 Å². The summed E-state index contributed by atoms with van der Waals surface area (Å²) >= 11 is 1.59. The number of hydrogen-bond acceptors (Lipinski definition) is 5. The SMILES string of the molecule is CC(C)NC(=O)Nc1ccc(CCN2CCN(c3nsc4ccccc34)CC2)cc1. The number of anilines is 2. The van der Waals surface area contributed by atoms with Crippen molar-refractivity contribution >= 4 is 39.2 Å². The number of aromatic nitrogens is 1. The van der Waals surface area contributed by atoms with Gasteiger partial charge in [0.2, 0.25) is 0 Å². The Hall–Kier alpha value is -2.64. The van der Waals surface area contributed by atoms with Gasteiger partial charge in [0.05, 0.1) is 4.70 Å². The average molecular weight is 424 g/mol. The molecule has 2 amide bonds. The van der Waals surface area contributed by atoms with Gasteiger partial charge in [0.25, 0.3) is 0 Å². The third kappa shape index (κ3) is 5.09. The molecule has 2 N–H and O–H groups in total. The second-order valence-corrected chi connectivity index (χ2v) is 8.84. The first kappa shape index (κ1) is 20.6. The maximum absolute atomic E-state index is 11.8. The predicted octanol–water partition coefficient (Wildman–Crippen LogP) is 4.19. The Bertz CT molecular complexity index is 977. The summed E-state index contributed by atoms with van der Waals surface area (Å²) in [6, 6.07) is 16.6. The van der Waals surface area contributed by atoms with Crippen molar-refractivity contribution < 1.29 is 4.79 Å². The van der Waals surface area contributed by atoms with Gasteiger partial charge in [-0.2, -0.15) is 4.37 Å². The number of nitrogens with zero attached hydrogens (tertiary/aromatic N) is 3. The van der Waals surface area contributed by atoms with Crippen LogP contribution in [0.25, 0.3) is 10.1 Å². The number of nitrogens with one attached hydrogen (secondary N) is 2. The van der Waals surface area contributed by atoms with Crippen LogP contribution in [0.15, 0.2) is 48.5 Å². The number of amides is 2. The molecule has 1 aromatic heterocycles. The van der Waals surface area contributed by atoms with Crippen LogP contribution >= 0.6 is 11.5 Å². The number of rotatable bonds is 6. The molecule has 0 spiro atoms. The Balaban J connectivity index is 1.24. The van der Waals surface area contributed by atoms with Crippen LogP contribution in [0.3, 0.4) is 0 Å². The highest BCUT2D eigenvalue weighted by molar-refractivity contribution is 7.13. The molecule has 0 aliphatic carbocycles. The van der Waals surface area contributed by atoms with Crippen molar-refractivity contribution in [2.24, 2.45) is 0 Å². The van der Waals surface area contributed by atoms with Crippen molar-refractivity contribution in [3.8, 4) is 0 Å². The monoisotopic (exact) mass is 423 g/mol. The third-order valence-corrected chi connectivity index (χ3v) is 6.20. The van der Waals surface area contributed by atoms with Gasteiger partial charge in [-0.15, -0.1) is 0 Å². The molecule has 1 fully saturated rings. The van der Waals surface area contributed by atoms with Gasteiger partial charge in [0.1, 0.15) is 5.82 Å². The van der Waals surface area contributed by atoms with Crippen molar-refractivity contribution in [2.75, 3.05) is 42.9 Å². The summed E-state index contributed by atoms with van der Waals surface area (Å²) in [5.41, 5.74) is 2.11. The minimum Gasteiger partial charge on any atom is -0.353 e. The van der Waals surface area contributed by atoms with Crippen LogP contribution in [0.2, 0.25) is 0 Å². The number of piperazine rings is 1. The largest absolute Gasteiger partial charge is 0.353 e. The molecular weight excluding hydrogens is 394 g/mol. The highest BCUT2D eigenvalue weighted by atomic mass is 32.1. The molecule has 0 unspecified atom stereocenters. The van der Waals surface area contributed by atoms with E-state index in [1.54, 1.807) is 11.5 Å². The summed E-state index contributed by atoms with van der Waals surface area (Å²) in [6.45, 7) is 9.08. The Morgan fingerprint density at radius 1 is 1.07 bits per heavy atom. The molecule has 6 nitrogen and oxygen atoms in total. The van der Waals surface area contributed by atoms with Gasteiger partial charge in [0, 0.05) is 49.8 Å². The van der Waals surface area contributed by atoms with E-state index in [0.717, 1.165) is 50.6 Å². The molecule has 1 saturated heterocycles. The zero-order valence-corrected chi connectivity index (χ0v) is 18.4. The number of urea groups is 1. The Morgan fingerprint density at radius 2 is 1.80 bits per heavy atom. The van der Waals surface area contributed by atoms with E-state index in [1.165, 1.54) is 15.6 Å². The molecule has 2 aromatic carbocycles. The first-order valence-corrected chi connectivity index (χ1v) is 11.3. The van der Waals surface area contributed by atoms with Crippen molar-refractivity contribution in [1.82, 2.24) is 14.6 Å². The quantitative estimate of drug-likeness (QED) is 0.624. The summed E-state index contributed by atoms with van der Waals surface area (Å²) in [7, 11) is 0. The minimum atomic E-state index is -0.163. The minimum absolute atomic E-state index is 0.124. The molecule has 0 radical (unpaired) electrons. The van der Waals surface area contributed by atoms with Crippen LogP contribution in [0, 0.1) is 0 Å². The lowest BCUT2D eigenvalue weighted by molar-refractivity contribution is 0.250. The fraction of sp³-hybridized carbons (Fsp3) is 0.391. The molecule has 30 heavy (non-hydrogen) atoms. The standard InChI is InChI=1S/C23H29N5OS/c1-17(2)24-23(29)25-19-9-7-18(8-10-19)11-12-27-13-15-28(16-14-27)22-20-5-3-4-6-21(20)30-26-22/h3-10,17H,11-16H2,1-2H3,(H2,24,25,29). The maximum atomic E-state index is 11.8. The average Bonchev–Trinajstić information content (AvgIpc) is 3.17. The highest BCUT2D eigenvalue weighted by Crippen LogP contribution is 2.29. The van der Waals surface area contributed by atoms with Gasteiger partial charge in [0.15, 0.2) is 0 Å². The number of carbonyl (C=O) groups is 1. The lowest BCUT2D eigenvalue weighted by Crippen LogP contribution is -2.47. The highest BCUT2D eigenvalue weighted by Gasteiger charge is 2.20. The van der Waals surface area contributed by atoms with E-state index in [-0.39, 0.29) is 12.1 Å². The Labute approximate surface area is 182 Å². The molecule has 1 aliphatic rings. The molecule has 4 rings (SSSR count). The Morgan fingerprint density at radius 3 is 2.53 bits per heavy atom. The van der Waals surface area contributed by atoms with Crippen LogP contribution < -0.4 is 15.5 Å². The molecule has 0 bridgehead atoms. The van der Waals surface area contributed by atoms with Crippen LogP contribution in [-0.4, -0.2) is 54.1 Å². The number of carbonyl (C=O) groups excluding carboxylic acids is 1. The maximum Gasteiger partial charge on any atom is 0.319 e. The number of fused-ring (bicyclic) bond motifs is 1. The fourth-order valence-corrected chi connectivity index (χ4v) is 4.55. The number of hydrogen-bond donors (Lipinski definition) is 2. The lowest BCUT2D eigenvalue weighted by Gasteiger charge is -2.35. The van der Waals surface area contributed by atoms with Gasteiger partial charge in [-0.25, -0.2) is 4.79 Å². The molecule has 0 atom stereocenters. The predicted molar refractivity (Wildman–Crippen MR) is 126 cm³/mol. The summed E-state index contributed by atoms with van der Waals surface area (Å²) in [5, 5.41) is 6.97. The van der Waals surface area contributed by atoms with Crippen molar-refractivity contribution in [3.05, 3.63) is 54.1 Å². The summed E-state index contributed by atoms with van der Waals surface area (Å²) in [6.07, 6.45) is 1.01. The van der Waals surface area contributed by atoms with Gasteiger partial charge in [-0.3, -0.25) is 4.90 Å². The summed E-state index contributed by atoms with van der Waals surface area (Å²) in [5.74, 6) is 1.14. The molecule has 7 heteroatoms. The molecule has 158 valence electrons. The van der Waals surface area contributed by atoms with Gasteiger partial charge in [-0.1, -0.05) is 24.3 Å². The van der Waals surface area contributed by atoms with Gasteiger partial charge >= 0.3 is 6.03 Å². The van der Waals surface area contributed by atoms with Crippen LogP contribution in [0.4, 0.5) is 16.3 Å². The van der Waals surface area contributed by atoms with Crippen molar-refractivity contribution in [2.45, 2.75) is 26.3 Å². The smallest absolute Gasteiger partial charge is 0.319 e. The molecule has 2 heterocycles. The van der Waals surface area contributed by atoms with E-state index in [0.29, 0.717) is 0 Å². The zero-order chi connectivity index (χ0) is 20.9. The topological polar surface area (TPSA) is 60.5 Å². The number of benzene rings is 2. The van der Waals surface area contributed by atoms with Crippen molar-refractivity contribution in [3.63, 3.8) is 0 Å². The van der Waals surface area contributed by atoms with E-state index >= 15 is 0 Å². The third-order valence-electron chi connectivity index (χ3n) is 5.38. The van der Waals surface area contributed by atoms with E-state index in [1.807, 2.05) is 26.0 Å². The second-order valence-electron chi connectivity index (χ2n) is 8.03. The summed E-state index contributed by atoms with van der Waals surface area (Å²) in [4.78, 5) is 16.7. The van der Waals surface area contributed by atoms with Crippen LogP contribution in [0.5, 0.6) is 0 Å². The molecule has 0 saturated carbocycles. The normalized spacial score (nSPS) is 15.0. The second kappa shape index (κ2) is 9.45. The Kier molecular flexibility index (Phi) is 6.50. The fourth-order valence-electron chi connectivity index (χ4n) is 3.76. The zero-order valence-electron chi connectivity index (χ0n) is 17.6. The molecule has 1 aliphatic heterocycles. The van der Waals surface area contributed by atoms with Crippen molar-refractivity contribution in [1.29, 1.82) is 0 Å². The van der Waals surface area contributed by atoms with Crippen LogP contribution in [-0.2, 0) is 6.42 Å². The summed E-state index contributed by atoms with van der Waals surface area (Å²) < 4.78 is 5.96. The van der Waals surface area contributed by atoms with Crippen LogP contribution in [0.1, 0.15) is 19.4 Å². The van der Waals surface area contributed by atoms with E-state index < -0.39 is 0 Å². The lowest BCUT2D eigenvalue weighted by atomic mass is 10.1. The first-order valence-electron chi connectivity index (χ1n) is 10.6. The molecular formula is C23H29N5OS. The first-order chi connectivity index (χ1) is 14.6. The van der Waals surface area contributed by atoms with Gasteiger partial charge < -0.3 is 15.5 Å². The van der Waals surface area contributed by atoms with Gasteiger partial charge in [-0.05, 0) is 61.6 Å².